The van der Waals surface area contributed by atoms with Crippen LogP contribution in [0.2, 0.25) is 0 Å². The van der Waals surface area contributed by atoms with E-state index in [4.69, 9.17) is 5.73 Å². The summed E-state index contributed by atoms with van der Waals surface area (Å²) in [5.41, 5.74) is 6.29. The summed E-state index contributed by atoms with van der Waals surface area (Å²) in [4.78, 5) is 14.0. The van der Waals surface area contributed by atoms with E-state index in [0.717, 1.165) is 25.9 Å². The van der Waals surface area contributed by atoms with Crippen LogP contribution in [0.5, 0.6) is 0 Å². The largest absolute Gasteiger partial charge is 0.390 e. The van der Waals surface area contributed by atoms with Crippen molar-refractivity contribution in [3.8, 4) is 0 Å². The minimum Gasteiger partial charge on any atom is -0.390 e. The van der Waals surface area contributed by atoms with E-state index in [2.05, 4.69) is 4.90 Å². The minimum absolute atomic E-state index is 0.0271. The molecule has 1 fully saturated rings. The van der Waals surface area contributed by atoms with Crippen LogP contribution in [0.25, 0.3) is 0 Å². The number of halogens is 1. The van der Waals surface area contributed by atoms with Crippen LogP contribution in [0.4, 0.5) is 4.39 Å². The number of ketones is 1. The molecule has 0 unspecified atom stereocenters. The van der Waals surface area contributed by atoms with E-state index < -0.39 is 6.10 Å². The number of benzene rings is 1. The fraction of sp³-hybridized carbons (Fsp3) is 0.533. The Morgan fingerprint density at radius 3 is 2.75 bits per heavy atom. The first-order valence-electron chi connectivity index (χ1n) is 7.01. The molecule has 0 spiro atoms. The number of carbonyl (C=O) groups excluding carboxylic acids is 1. The van der Waals surface area contributed by atoms with Gasteiger partial charge in [0.2, 0.25) is 0 Å². The number of piperidine rings is 1. The van der Waals surface area contributed by atoms with Gasteiger partial charge in [0.05, 0.1) is 6.10 Å². The van der Waals surface area contributed by atoms with Gasteiger partial charge in [0.1, 0.15) is 5.82 Å². The maximum atomic E-state index is 12.8. The predicted octanol–water partition coefficient (Wildman–Crippen LogP) is 1.18. The van der Waals surface area contributed by atoms with Gasteiger partial charge in [0.25, 0.3) is 0 Å². The van der Waals surface area contributed by atoms with Gasteiger partial charge in [-0.1, -0.05) is 0 Å². The fourth-order valence-corrected chi connectivity index (χ4v) is 2.46. The molecule has 2 atom stereocenters. The maximum Gasteiger partial charge on any atom is 0.162 e. The first-order valence-corrected chi connectivity index (χ1v) is 7.01. The highest BCUT2D eigenvalue weighted by atomic mass is 19.1. The van der Waals surface area contributed by atoms with Crippen molar-refractivity contribution in [1.82, 2.24) is 4.90 Å². The number of carbonyl (C=O) groups is 1. The summed E-state index contributed by atoms with van der Waals surface area (Å²) in [6.07, 6.45) is 1.48. The monoisotopic (exact) mass is 280 g/mol. The highest BCUT2D eigenvalue weighted by Crippen LogP contribution is 2.12. The van der Waals surface area contributed by atoms with Crippen LogP contribution in [-0.2, 0) is 0 Å². The fourth-order valence-electron chi connectivity index (χ4n) is 2.46. The summed E-state index contributed by atoms with van der Waals surface area (Å²) in [5.74, 6) is -0.306. The molecular formula is C15H21FN2O2. The zero-order chi connectivity index (χ0) is 14.5. The smallest absolute Gasteiger partial charge is 0.162 e. The average molecular weight is 280 g/mol. The number of nitrogens with two attached hydrogens (primary N) is 1. The van der Waals surface area contributed by atoms with E-state index in [1.807, 2.05) is 0 Å². The lowest BCUT2D eigenvalue weighted by Gasteiger charge is -2.33. The Morgan fingerprint density at radius 2 is 2.10 bits per heavy atom. The van der Waals surface area contributed by atoms with Crippen LogP contribution in [0.1, 0.15) is 29.6 Å². The molecule has 1 saturated heterocycles. The Labute approximate surface area is 118 Å². The number of aliphatic hydroxyl groups excluding tert-OH is 1. The number of aliphatic hydroxyl groups is 1. The number of β-amino-alcohol motifs (C(OH)–C–C–N with tert-alkyl or cyclic N) is 1. The van der Waals surface area contributed by atoms with Gasteiger partial charge in [-0.25, -0.2) is 4.39 Å². The predicted molar refractivity (Wildman–Crippen MR) is 75.0 cm³/mol. The highest BCUT2D eigenvalue weighted by Gasteiger charge is 2.24. The van der Waals surface area contributed by atoms with Gasteiger partial charge in [0.15, 0.2) is 5.78 Å². The van der Waals surface area contributed by atoms with Crippen LogP contribution in [-0.4, -0.2) is 47.6 Å². The van der Waals surface area contributed by atoms with Crippen molar-refractivity contribution >= 4 is 5.78 Å². The third kappa shape index (κ3) is 4.10. The highest BCUT2D eigenvalue weighted by molar-refractivity contribution is 5.95. The maximum absolute atomic E-state index is 12.8. The number of hydrogen-bond acceptors (Lipinski definition) is 4. The standard InChI is InChI=1S/C15H21FN2O2/c16-12-5-3-11(4-6-12)14(19)2-1-8-18-9-7-13(17)15(20)10-18/h3-6,13,15,20H,1-2,7-10,17H2/t13-,15-/m1/s1. The molecule has 1 heterocycles. The summed E-state index contributed by atoms with van der Waals surface area (Å²) in [7, 11) is 0. The Morgan fingerprint density at radius 1 is 1.40 bits per heavy atom. The normalized spacial score (nSPS) is 23.8. The van der Waals surface area contributed by atoms with Crippen LogP contribution in [0.3, 0.4) is 0 Å². The van der Waals surface area contributed by atoms with Crippen LogP contribution >= 0.6 is 0 Å². The zero-order valence-corrected chi connectivity index (χ0v) is 11.5. The van der Waals surface area contributed by atoms with E-state index >= 15 is 0 Å². The van der Waals surface area contributed by atoms with Crippen LogP contribution in [0.15, 0.2) is 24.3 Å². The lowest BCUT2D eigenvalue weighted by Crippen LogP contribution is -2.50. The van der Waals surface area contributed by atoms with Crippen molar-refractivity contribution in [2.45, 2.75) is 31.4 Å². The van der Waals surface area contributed by atoms with E-state index in [1.165, 1.54) is 24.3 Å². The lowest BCUT2D eigenvalue weighted by molar-refractivity contribution is 0.0526. The van der Waals surface area contributed by atoms with Crippen molar-refractivity contribution in [1.29, 1.82) is 0 Å². The molecule has 0 bridgehead atoms. The number of rotatable bonds is 5. The molecule has 0 saturated carbocycles. The van der Waals surface area contributed by atoms with Gasteiger partial charge >= 0.3 is 0 Å². The molecule has 0 amide bonds. The first-order chi connectivity index (χ1) is 9.56. The number of likely N-dealkylation sites (tertiary alicyclic amines) is 1. The summed E-state index contributed by atoms with van der Waals surface area (Å²) in [5, 5.41) is 9.69. The van der Waals surface area contributed by atoms with Crippen molar-refractivity contribution in [2.24, 2.45) is 5.73 Å². The molecule has 2 rings (SSSR count). The summed E-state index contributed by atoms with van der Waals surface area (Å²) in [6.45, 7) is 2.21. The molecule has 20 heavy (non-hydrogen) atoms. The molecule has 5 heteroatoms. The first kappa shape index (κ1) is 15.1. The second kappa shape index (κ2) is 6.92. The minimum atomic E-state index is -0.475. The van der Waals surface area contributed by atoms with Gasteiger partial charge < -0.3 is 15.7 Å². The van der Waals surface area contributed by atoms with Gasteiger partial charge in [0, 0.05) is 24.6 Å². The van der Waals surface area contributed by atoms with Gasteiger partial charge in [-0.05, 0) is 50.2 Å². The molecule has 1 aromatic rings. The third-order valence-corrected chi connectivity index (χ3v) is 3.76. The summed E-state index contributed by atoms with van der Waals surface area (Å²) < 4.78 is 12.8. The summed E-state index contributed by atoms with van der Waals surface area (Å²) in [6, 6.07) is 5.50. The molecule has 0 aromatic heterocycles. The van der Waals surface area contributed by atoms with Crippen LogP contribution in [0, 0.1) is 5.82 Å². The van der Waals surface area contributed by atoms with E-state index in [1.54, 1.807) is 0 Å². The molecular weight excluding hydrogens is 259 g/mol. The van der Waals surface area contributed by atoms with Gasteiger partial charge in [-0.3, -0.25) is 4.79 Å². The molecule has 3 N–H and O–H groups in total. The van der Waals surface area contributed by atoms with Crippen LogP contribution < -0.4 is 5.73 Å². The SMILES string of the molecule is N[C@@H]1CCN(CCCC(=O)c2ccc(F)cc2)C[C@H]1O. The zero-order valence-electron chi connectivity index (χ0n) is 11.5. The molecule has 1 aromatic carbocycles. The number of Topliss-reactive ketones (excluding diaryl/α,β-unsaturated/α-hetero) is 1. The van der Waals surface area contributed by atoms with E-state index in [0.29, 0.717) is 18.5 Å². The molecule has 0 radical (unpaired) electrons. The topological polar surface area (TPSA) is 66.6 Å². The molecule has 1 aliphatic rings. The molecule has 0 aliphatic carbocycles. The Balaban J connectivity index is 1.73. The average Bonchev–Trinajstić information content (AvgIpc) is 2.43. The van der Waals surface area contributed by atoms with Crippen molar-refractivity contribution in [2.75, 3.05) is 19.6 Å². The number of nitrogens with zero attached hydrogens (tertiary/aromatic N) is 1. The molecule has 110 valence electrons. The van der Waals surface area contributed by atoms with E-state index in [-0.39, 0.29) is 17.6 Å². The molecule has 4 nitrogen and oxygen atoms in total. The van der Waals surface area contributed by atoms with E-state index in [9.17, 15) is 14.3 Å². The van der Waals surface area contributed by atoms with Crippen molar-refractivity contribution in [3.05, 3.63) is 35.6 Å². The molecule has 1 aliphatic heterocycles. The number of hydrogen-bond donors (Lipinski definition) is 2. The lowest BCUT2D eigenvalue weighted by atomic mass is 10.0. The quantitative estimate of drug-likeness (QED) is 0.795. The second-order valence-electron chi connectivity index (χ2n) is 5.35. The van der Waals surface area contributed by atoms with Crippen molar-refractivity contribution < 1.29 is 14.3 Å². The van der Waals surface area contributed by atoms with Crippen molar-refractivity contribution in [3.63, 3.8) is 0 Å². The summed E-state index contributed by atoms with van der Waals surface area (Å²) >= 11 is 0. The Kier molecular flexibility index (Phi) is 5.23. The Bertz CT molecular complexity index is 450. The third-order valence-electron chi connectivity index (χ3n) is 3.76. The van der Waals surface area contributed by atoms with Gasteiger partial charge in [-0.15, -0.1) is 0 Å². The Hall–Kier alpha value is -1.30. The second-order valence-corrected chi connectivity index (χ2v) is 5.35. The van der Waals surface area contributed by atoms with Gasteiger partial charge in [-0.2, -0.15) is 0 Å².